The molecule has 0 spiro atoms. The highest BCUT2D eigenvalue weighted by Crippen LogP contribution is 2.07. The highest BCUT2D eigenvalue weighted by atomic mass is 127. The predicted octanol–water partition coefficient (Wildman–Crippen LogP) is 3.70. The zero-order valence-corrected chi connectivity index (χ0v) is 10.8. The van der Waals surface area contributed by atoms with E-state index in [1.54, 1.807) is 0 Å². The molecule has 0 fully saturated rings. The fourth-order valence-electron chi connectivity index (χ4n) is 1.21. The highest BCUT2D eigenvalue weighted by Gasteiger charge is 1.97. The van der Waals surface area contributed by atoms with E-state index in [-0.39, 0.29) is 24.0 Å². The van der Waals surface area contributed by atoms with Gasteiger partial charge in [0.25, 0.3) is 0 Å². The maximum absolute atomic E-state index is 5.79. The van der Waals surface area contributed by atoms with E-state index in [2.05, 4.69) is 13.8 Å². The average molecular weight is 285 g/mol. The number of nitrogens with two attached hydrogens (primary N) is 1. The number of halogens is 1. The van der Waals surface area contributed by atoms with Crippen LogP contribution in [0.15, 0.2) is 0 Å². The van der Waals surface area contributed by atoms with E-state index >= 15 is 0 Å². The van der Waals surface area contributed by atoms with Gasteiger partial charge in [-0.2, -0.15) is 0 Å². The summed E-state index contributed by atoms with van der Waals surface area (Å²) in [5, 5.41) is 0. The topological polar surface area (TPSA) is 26.0 Å². The van der Waals surface area contributed by atoms with Crippen molar-refractivity contribution < 1.29 is 0 Å². The van der Waals surface area contributed by atoms with E-state index in [0.717, 1.165) is 6.42 Å². The van der Waals surface area contributed by atoms with Crippen LogP contribution in [0, 0.1) is 0 Å². The summed E-state index contributed by atoms with van der Waals surface area (Å²) in [6, 6.07) is 0.455. The molecule has 2 N–H and O–H groups in total. The lowest BCUT2D eigenvalue weighted by Gasteiger charge is -2.06. The quantitative estimate of drug-likeness (QED) is 0.560. The van der Waals surface area contributed by atoms with Crippen LogP contribution in [-0.2, 0) is 0 Å². The van der Waals surface area contributed by atoms with Crippen LogP contribution < -0.4 is 5.73 Å². The van der Waals surface area contributed by atoms with Crippen molar-refractivity contribution in [2.24, 2.45) is 5.73 Å². The van der Waals surface area contributed by atoms with Gasteiger partial charge in [0.1, 0.15) is 0 Å². The van der Waals surface area contributed by atoms with Gasteiger partial charge in [-0.1, -0.05) is 46.0 Å². The first-order valence-corrected chi connectivity index (χ1v) is 5.06. The minimum absolute atomic E-state index is 0. The van der Waals surface area contributed by atoms with Crippen molar-refractivity contribution in [3.05, 3.63) is 0 Å². The lowest BCUT2D eigenvalue weighted by molar-refractivity contribution is 0.531. The molecule has 0 aliphatic rings. The molecule has 0 aliphatic carbocycles. The van der Waals surface area contributed by atoms with E-state index < -0.39 is 0 Å². The first-order chi connectivity index (χ1) is 5.31. The van der Waals surface area contributed by atoms with Crippen LogP contribution in [0.4, 0.5) is 0 Å². The third-order valence-corrected chi connectivity index (χ3v) is 2.20. The lowest BCUT2D eigenvalue weighted by atomic mass is 10.1. The van der Waals surface area contributed by atoms with Crippen molar-refractivity contribution in [2.45, 2.75) is 64.8 Å². The molecular weight excluding hydrogens is 261 g/mol. The average Bonchev–Trinajstić information content (AvgIpc) is 2.04. The molecule has 0 bridgehead atoms. The van der Waals surface area contributed by atoms with Gasteiger partial charge in [-0.15, -0.1) is 24.0 Å². The van der Waals surface area contributed by atoms with Gasteiger partial charge in [-0.05, 0) is 12.8 Å². The molecule has 12 heavy (non-hydrogen) atoms. The molecule has 1 nitrogen and oxygen atoms in total. The van der Waals surface area contributed by atoms with Crippen molar-refractivity contribution in [1.82, 2.24) is 0 Å². The van der Waals surface area contributed by atoms with Crippen LogP contribution >= 0.6 is 24.0 Å². The van der Waals surface area contributed by atoms with Gasteiger partial charge in [0.05, 0.1) is 0 Å². The van der Waals surface area contributed by atoms with Gasteiger partial charge in [-0.3, -0.25) is 0 Å². The summed E-state index contributed by atoms with van der Waals surface area (Å²) in [5.74, 6) is 0. The minimum atomic E-state index is 0. The summed E-state index contributed by atoms with van der Waals surface area (Å²) in [4.78, 5) is 0. The van der Waals surface area contributed by atoms with Crippen LogP contribution in [0.5, 0.6) is 0 Å². The maximum atomic E-state index is 5.79. The molecule has 0 aliphatic heterocycles. The number of rotatable bonds is 7. The summed E-state index contributed by atoms with van der Waals surface area (Å²) in [7, 11) is 0. The molecular formula is C10H24IN. The summed E-state index contributed by atoms with van der Waals surface area (Å²) in [6.45, 7) is 4.41. The van der Waals surface area contributed by atoms with Crippen LogP contribution in [0.25, 0.3) is 0 Å². The lowest BCUT2D eigenvalue weighted by Crippen LogP contribution is -2.17. The second-order valence-electron chi connectivity index (χ2n) is 3.37. The molecule has 1 unspecified atom stereocenters. The van der Waals surface area contributed by atoms with E-state index in [9.17, 15) is 0 Å². The van der Waals surface area contributed by atoms with Crippen LogP contribution in [0.3, 0.4) is 0 Å². The highest BCUT2D eigenvalue weighted by molar-refractivity contribution is 14.0. The Balaban J connectivity index is 0. The first-order valence-electron chi connectivity index (χ1n) is 5.06. The van der Waals surface area contributed by atoms with Gasteiger partial charge in [0.15, 0.2) is 0 Å². The van der Waals surface area contributed by atoms with Gasteiger partial charge >= 0.3 is 0 Å². The molecule has 0 aromatic carbocycles. The molecule has 0 heterocycles. The van der Waals surface area contributed by atoms with E-state index in [4.69, 9.17) is 5.73 Å². The molecule has 0 radical (unpaired) electrons. The molecule has 0 aromatic rings. The second kappa shape index (κ2) is 11.7. The Morgan fingerprint density at radius 3 is 2.08 bits per heavy atom. The minimum Gasteiger partial charge on any atom is -0.328 e. The van der Waals surface area contributed by atoms with Gasteiger partial charge in [-0.25, -0.2) is 0 Å². The van der Waals surface area contributed by atoms with Crippen LogP contribution in [0.2, 0.25) is 0 Å². The third kappa shape index (κ3) is 10.7. The van der Waals surface area contributed by atoms with E-state index in [1.165, 1.54) is 38.5 Å². The zero-order valence-electron chi connectivity index (χ0n) is 8.51. The predicted molar refractivity (Wildman–Crippen MR) is 67.1 cm³/mol. The fourth-order valence-corrected chi connectivity index (χ4v) is 1.21. The molecule has 2 heteroatoms. The Kier molecular flexibility index (Phi) is 14.8. The van der Waals surface area contributed by atoms with Gasteiger partial charge in [0, 0.05) is 6.04 Å². The van der Waals surface area contributed by atoms with Gasteiger partial charge < -0.3 is 5.73 Å². The van der Waals surface area contributed by atoms with Crippen molar-refractivity contribution in [3.8, 4) is 0 Å². The molecule has 1 atom stereocenters. The molecule has 0 saturated carbocycles. The second-order valence-corrected chi connectivity index (χ2v) is 3.37. The Hall–Kier alpha value is 0.690. The molecule has 0 aromatic heterocycles. The van der Waals surface area contributed by atoms with Crippen molar-refractivity contribution >= 4 is 24.0 Å². The Labute approximate surface area is 94.5 Å². The van der Waals surface area contributed by atoms with Crippen molar-refractivity contribution in [3.63, 3.8) is 0 Å². The van der Waals surface area contributed by atoms with Crippen LogP contribution in [-0.4, -0.2) is 6.04 Å². The maximum Gasteiger partial charge on any atom is 0.00362 e. The van der Waals surface area contributed by atoms with Crippen LogP contribution in [0.1, 0.15) is 58.8 Å². The summed E-state index contributed by atoms with van der Waals surface area (Å²) < 4.78 is 0. The number of hydrogen-bond donors (Lipinski definition) is 1. The molecule has 0 saturated heterocycles. The normalized spacial score (nSPS) is 12.2. The monoisotopic (exact) mass is 285 g/mol. The van der Waals surface area contributed by atoms with Gasteiger partial charge in [0.2, 0.25) is 0 Å². The van der Waals surface area contributed by atoms with Crippen molar-refractivity contribution in [2.75, 3.05) is 0 Å². The third-order valence-electron chi connectivity index (χ3n) is 2.20. The number of hydrogen-bond acceptors (Lipinski definition) is 1. The fraction of sp³-hybridized carbons (Fsp3) is 1.00. The molecule has 76 valence electrons. The summed E-state index contributed by atoms with van der Waals surface area (Å²) in [6.07, 6.45) is 9.18. The summed E-state index contributed by atoms with van der Waals surface area (Å²) >= 11 is 0. The Morgan fingerprint density at radius 1 is 1.00 bits per heavy atom. The number of unbranched alkanes of at least 4 members (excludes halogenated alkanes) is 4. The largest absolute Gasteiger partial charge is 0.328 e. The molecule has 0 amide bonds. The van der Waals surface area contributed by atoms with E-state index in [1.807, 2.05) is 0 Å². The Bertz CT molecular complexity index is 76.2. The van der Waals surface area contributed by atoms with E-state index in [0.29, 0.717) is 6.04 Å². The zero-order chi connectivity index (χ0) is 8.53. The SMILES string of the molecule is CCCCCCCC(N)CC.I. The standard InChI is InChI=1S/C10H23N.HI/c1-3-5-6-7-8-9-10(11)4-2;/h10H,3-9,11H2,1-2H3;1H. The Morgan fingerprint density at radius 2 is 1.58 bits per heavy atom. The molecule has 0 rings (SSSR count). The summed E-state index contributed by atoms with van der Waals surface area (Å²) in [5.41, 5.74) is 5.79. The smallest absolute Gasteiger partial charge is 0.00362 e. The first kappa shape index (κ1) is 15.2. The van der Waals surface area contributed by atoms with Crippen molar-refractivity contribution in [1.29, 1.82) is 0 Å².